The van der Waals surface area contributed by atoms with Crippen molar-refractivity contribution in [2.75, 3.05) is 32.8 Å². The van der Waals surface area contributed by atoms with Crippen molar-refractivity contribution in [3.05, 3.63) is 70.0 Å². The molecule has 2 atom stereocenters. The molecule has 3 amide bonds. The number of piperidine rings is 1. The lowest BCUT2D eigenvalue weighted by molar-refractivity contribution is -0.278. The van der Waals surface area contributed by atoms with Gasteiger partial charge in [0.25, 0.3) is 11.8 Å². The number of ether oxygens (including phenoxy) is 2. The number of nitrogens with zero attached hydrogens (tertiary/aromatic N) is 2. The summed E-state index contributed by atoms with van der Waals surface area (Å²) >= 11 is 0. The summed E-state index contributed by atoms with van der Waals surface area (Å²) in [6.07, 6.45) is 0. The highest BCUT2D eigenvalue weighted by molar-refractivity contribution is 6.40. The van der Waals surface area contributed by atoms with Crippen LogP contribution in [0.25, 0.3) is 0 Å². The summed E-state index contributed by atoms with van der Waals surface area (Å²) in [5.41, 5.74) is -8.39. The Balaban J connectivity index is 1.68. The van der Waals surface area contributed by atoms with Crippen LogP contribution in [0.1, 0.15) is 11.1 Å². The number of hydrogen-bond donors (Lipinski definition) is 6. The maximum absolute atomic E-state index is 15.3. The van der Waals surface area contributed by atoms with Crippen LogP contribution < -0.4 is 5.32 Å². The van der Waals surface area contributed by atoms with E-state index in [4.69, 9.17) is 33.0 Å². The van der Waals surface area contributed by atoms with Crippen LogP contribution in [0.4, 0.5) is 4.39 Å². The smallest absolute Gasteiger partial charge is 0.258 e. The Hall–Kier alpha value is -3.63. The van der Waals surface area contributed by atoms with Gasteiger partial charge in [-0.05, 0) is 0 Å². The minimum atomic E-state index is -3.98. The Labute approximate surface area is 243 Å². The number of likely N-dealkylation sites (tertiary alicyclic amines) is 1. The van der Waals surface area contributed by atoms with Crippen molar-refractivity contribution in [3.63, 3.8) is 0 Å². The molecule has 4 rings (SSSR count). The first kappa shape index (κ1) is 31.3. The number of benzene rings is 1. The SMILES string of the molecule is [B]/C(OCc1cccc(CN2CCOCC2)c1F)=C1/CN(C2([B])C(=O)NC(=O)C([B])(O)C2(O)O)C(=O)/C1=C(\O)C(=C)O. The third kappa shape index (κ3) is 5.00. The molecule has 2 unspecified atom stereocenters. The maximum Gasteiger partial charge on any atom is 0.258 e. The van der Waals surface area contributed by atoms with E-state index in [1.165, 1.54) is 6.07 Å². The zero-order valence-corrected chi connectivity index (χ0v) is 22.2. The predicted molar refractivity (Wildman–Crippen MR) is 143 cm³/mol. The molecule has 216 valence electrons. The molecule has 6 N–H and O–H groups in total. The van der Waals surface area contributed by atoms with Crippen molar-refractivity contribution >= 4 is 41.3 Å². The number of carbonyl (C=O) groups is 3. The molecule has 0 spiro atoms. The number of rotatable bonds is 7. The van der Waals surface area contributed by atoms with Gasteiger partial charge in [0.15, 0.2) is 24.9 Å². The molecule has 6 radical (unpaired) electrons. The molecule has 13 nitrogen and oxygen atoms in total. The number of morpholine rings is 1. The van der Waals surface area contributed by atoms with Gasteiger partial charge in [-0.3, -0.25) is 24.6 Å². The van der Waals surface area contributed by atoms with E-state index < -0.39 is 81.7 Å². The minimum absolute atomic E-state index is 0.0743. The van der Waals surface area contributed by atoms with E-state index in [9.17, 15) is 39.9 Å². The van der Waals surface area contributed by atoms with Crippen molar-refractivity contribution in [1.29, 1.82) is 0 Å². The van der Waals surface area contributed by atoms with Gasteiger partial charge in [0.05, 0.1) is 18.8 Å². The number of aliphatic hydroxyl groups is 5. The summed E-state index contributed by atoms with van der Waals surface area (Å²) in [4.78, 5) is 40.4. The summed E-state index contributed by atoms with van der Waals surface area (Å²) in [6.45, 7) is 4.33. The Kier molecular flexibility index (Phi) is 8.37. The fourth-order valence-corrected chi connectivity index (χ4v) is 4.77. The second kappa shape index (κ2) is 11.2. The van der Waals surface area contributed by atoms with Crippen LogP contribution in [0.3, 0.4) is 0 Å². The predicted octanol–water partition coefficient (Wildman–Crippen LogP) is -2.66. The Bertz CT molecular complexity index is 1410. The Morgan fingerprint density at radius 1 is 1.10 bits per heavy atom. The van der Waals surface area contributed by atoms with Crippen molar-refractivity contribution in [1.82, 2.24) is 15.1 Å². The van der Waals surface area contributed by atoms with E-state index in [1.807, 2.05) is 4.90 Å². The van der Waals surface area contributed by atoms with Crippen LogP contribution in [0.2, 0.25) is 0 Å². The number of imide groups is 1. The van der Waals surface area contributed by atoms with E-state index in [1.54, 1.807) is 17.4 Å². The van der Waals surface area contributed by atoms with Gasteiger partial charge in [-0.1, -0.05) is 24.8 Å². The number of hydrogen-bond acceptors (Lipinski definition) is 11. The van der Waals surface area contributed by atoms with Crippen molar-refractivity contribution < 1.29 is 53.8 Å². The van der Waals surface area contributed by atoms with Gasteiger partial charge in [-0.15, -0.1) is 0 Å². The van der Waals surface area contributed by atoms with Crippen LogP contribution in [-0.4, -0.2) is 126 Å². The molecule has 3 fully saturated rings. The normalized spacial score (nSPS) is 28.9. The van der Waals surface area contributed by atoms with Gasteiger partial charge in [-0.25, -0.2) is 4.39 Å². The fraction of sp³-hybridized carbons (Fsp3) is 0.400. The Morgan fingerprint density at radius 3 is 2.33 bits per heavy atom. The van der Waals surface area contributed by atoms with Crippen LogP contribution in [0.15, 0.2) is 53.1 Å². The quantitative estimate of drug-likeness (QED) is 0.0651. The highest BCUT2D eigenvalue weighted by Crippen LogP contribution is 2.41. The van der Waals surface area contributed by atoms with E-state index >= 15 is 4.39 Å². The molecule has 0 bridgehead atoms. The minimum Gasteiger partial charge on any atom is -0.505 e. The molecule has 3 saturated heterocycles. The average molecular weight is 579 g/mol. The highest BCUT2D eigenvalue weighted by atomic mass is 19.1. The highest BCUT2D eigenvalue weighted by Gasteiger charge is 2.71. The summed E-state index contributed by atoms with van der Waals surface area (Å²) in [7, 11) is 17.3. The molecule has 3 aliphatic heterocycles. The van der Waals surface area contributed by atoms with Crippen molar-refractivity contribution in [2.24, 2.45) is 0 Å². The van der Waals surface area contributed by atoms with Gasteiger partial charge in [0, 0.05) is 48.5 Å². The van der Waals surface area contributed by atoms with Crippen LogP contribution >= 0.6 is 0 Å². The molecule has 1 aromatic rings. The second-order valence-electron chi connectivity index (χ2n) is 9.96. The van der Waals surface area contributed by atoms with Crippen LogP contribution in [-0.2, 0) is 37.0 Å². The lowest BCUT2D eigenvalue weighted by Gasteiger charge is -2.54. The summed E-state index contributed by atoms with van der Waals surface area (Å²) < 4.78 is 26.1. The molecule has 3 aliphatic rings. The van der Waals surface area contributed by atoms with Crippen LogP contribution in [0.5, 0.6) is 0 Å². The largest absolute Gasteiger partial charge is 0.505 e. The van der Waals surface area contributed by atoms with Gasteiger partial charge in [0.1, 0.15) is 33.6 Å². The summed E-state index contributed by atoms with van der Waals surface area (Å²) in [6, 6.07) is 4.63. The molecular formula is C25H25B3FN3O10. The van der Waals surface area contributed by atoms with E-state index in [2.05, 4.69) is 6.58 Å². The number of carbonyl (C=O) groups excluding carboxylic acids is 3. The first-order valence-electron chi connectivity index (χ1n) is 12.5. The van der Waals surface area contributed by atoms with Gasteiger partial charge in [0.2, 0.25) is 11.7 Å². The third-order valence-corrected chi connectivity index (χ3v) is 7.33. The molecule has 17 heteroatoms. The summed E-state index contributed by atoms with van der Waals surface area (Å²) in [5, 5.41) is 53.3. The fourth-order valence-electron chi connectivity index (χ4n) is 4.77. The number of amides is 3. The first-order valence-corrected chi connectivity index (χ1v) is 12.5. The number of nitrogens with one attached hydrogen (secondary N) is 1. The van der Waals surface area contributed by atoms with E-state index in [-0.39, 0.29) is 10.5 Å². The van der Waals surface area contributed by atoms with Gasteiger partial charge < -0.3 is 39.9 Å². The van der Waals surface area contributed by atoms with Crippen molar-refractivity contribution in [2.45, 2.75) is 29.9 Å². The lowest BCUT2D eigenvalue weighted by atomic mass is 9.55. The molecule has 0 aromatic heterocycles. The molecule has 3 heterocycles. The molecule has 42 heavy (non-hydrogen) atoms. The number of aliphatic hydroxyl groups excluding tert-OH is 2. The first-order chi connectivity index (χ1) is 19.6. The second-order valence-corrected chi connectivity index (χ2v) is 9.96. The topological polar surface area (TPSA) is 189 Å². The van der Waals surface area contributed by atoms with Gasteiger partial charge >= 0.3 is 0 Å². The summed E-state index contributed by atoms with van der Waals surface area (Å²) in [5.74, 6) is -11.6. The standard InChI is InChI=1S/C25H25B3FN3O10/c1-12(33)18(34)16-15(10-32(20(16)35)23(27)21(36)30-22(37)24(28,38)25(23,39)40)19(26)42-11-14-4-2-3-13(17(14)29)9-31-5-7-41-8-6-31/h2-4,33-34,38-40H,1,5-11H2,(H,30,36,37)/b18-16-,19-15+. The van der Waals surface area contributed by atoms with E-state index in [0.29, 0.717) is 38.4 Å². The molecule has 0 aliphatic carbocycles. The zero-order chi connectivity index (χ0) is 31.2. The lowest BCUT2D eigenvalue weighted by Crippen LogP contribution is -2.86. The maximum atomic E-state index is 15.3. The molecule has 1 aromatic carbocycles. The van der Waals surface area contributed by atoms with Crippen LogP contribution in [0, 0.1) is 5.82 Å². The van der Waals surface area contributed by atoms with Crippen molar-refractivity contribution in [3.8, 4) is 0 Å². The number of halogens is 1. The molecular weight excluding hydrogens is 554 g/mol. The average Bonchev–Trinajstić information content (AvgIpc) is 3.29. The molecule has 0 saturated carbocycles. The van der Waals surface area contributed by atoms with Gasteiger partial charge in [-0.2, -0.15) is 0 Å². The monoisotopic (exact) mass is 579 g/mol. The van der Waals surface area contributed by atoms with E-state index in [0.717, 1.165) is 0 Å². The zero-order valence-electron chi connectivity index (χ0n) is 22.2. The third-order valence-electron chi connectivity index (χ3n) is 7.33. The Morgan fingerprint density at radius 2 is 1.71 bits per heavy atom.